The first kappa shape index (κ1) is 15.7. The van der Waals surface area contributed by atoms with Gasteiger partial charge in [0.2, 0.25) is 0 Å². The van der Waals surface area contributed by atoms with Gasteiger partial charge in [0.1, 0.15) is 4.21 Å². The Morgan fingerprint density at radius 3 is 2.95 bits per heavy atom. The molecule has 2 rings (SSSR count). The smallest absolute Gasteiger partial charge is 0.252 e. The van der Waals surface area contributed by atoms with Crippen molar-refractivity contribution in [1.29, 1.82) is 0 Å². The van der Waals surface area contributed by atoms with Crippen molar-refractivity contribution in [2.24, 2.45) is 0 Å². The van der Waals surface area contributed by atoms with Crippen molar-refractivity contribution in [1.82, 2.24) is 9.62 Å². The molecule has 1 fully saturated rings. The number of nitrogens with zero attached hydrogens (tertiary/aromatic N) is 1. The van der Waals surface area contributed by atoms with Crippen molar-refractivity contribution < 1.29 is 8.42 Å². The topological polar surface area (TPSA) is 49.4 Å². The molecule has 0 unspecified atom stereocenters. The van der Waals surface area contributed by atoms with Crippen LogP contribution < -0.4 is 5.32 Å². The van der Waals surface area contributed by atoms with Crippen LogP contribution in [-0.4, -0.2) is 32.4 Å². The lowest BCUT2D eigenvalue weighted by Crippen LogP contribution is -2.27. The highest BCUT2D eigenvalue weighted by Gasteiger charge is 2.23. The Bertz CT molecular complexity index is 547. The molecule has 0 aliphatic heterocycles. The lowest BCUT2D eigenvalue weighted by atomic mass is 10.3. The van der Waals surface area contributed by atoms with Crippen LogP contribution in [-0.2, 0) is 16.6 Å². The summed E-state index contributed by atoms with van der Waals surface area (Å²) in [6.07, 6.45) is 5.93. The van der Waals surface area contributed by atoms with E-state index in [1.165, 1.54) is 28.5 Å². The SMILES string of the molecule is C=CCCCN(C)S(=O)(=O)c1cc(CNC2CC2)cs1. The van der Waals surface area contributed by atoms with Crippen LogP contribution in [0.15, 0.2) is 28.3 Å². The fourth-order valence-electron chi connectivity index (χ4n) is 1.86. The third-order valence-corrected chi connectivity index (χ3v) is 6.67. The molecule has 1 aromatic heterocycles. The zero-order valence-corrected chi connectivity index (χ0v) is 13.5. The second-order valence-electron chi connectivity index (χ2n) is 5.19. The van der Waals surface area contributed by atoms with Gasteiger partial charge in [-0.3, -0.25) is 0 Å². The predicted molar refractivity (Wildman–Crippen MR) is 83.4 cm³/mol. The molecule has 1 heterocycles. The Hall–Kier alpha value is -0.690. The number of sulfonamides is 1. The lowest BCUT2D eigenvalue weighted by molar-refractivity contribution is 0.464. The van der Waals surface area contributed by atoms with Crippen LogP contribution in [0.25, 0.3) is 0 Å². The van der Waals surface area contributed by atoms with E-state index in [1.54, 1.807) is 13.1 Å². The highest BCUT2D eigenvalue weighted by molar-refractivity contribution is 7.91. The molecular weight excluding hydrogens is 292 g/mol. The molecule has 0 radical (unpaired) electrons. The summed E-state index contributed by atoms with van der Waals surface area (Å²) in [6, 6.07) is 2.43. The molecular formula is C14H22N2O2S2. The van der Waals surface area contributed by atoms with E-state index in [1.807, 2.05) is 11.5 Å². The molecule has 0 bridgehead atoms. The van der Waals surface area contributed by atoms with Crippen LogP contribution in [0.4, 0.5) is 0 Å². The summed E-state index contributed by atoms with van der Waals surface area (Å²) in [4.78, 5) is 0. The zero-order chi connectivity index (χ0) is 14.6. The lowest BCUT2D eigenvalue weighted by Gasteiger charge is -2.15. The van der Waals surface area contributed by atoms with Crippen LogP contribution in [0.1, 0.15) is 31.2 Å². The van der Waals surface area contributed by atoms with Gasteiger partial charge in [0.05, 0.1) is 0 Å². The van der Waals surface area contributed by atoms with E-state index < -0.39 is 10.0 Å². The Kier molecular flexibility index (Phi) is 5.37. The van der Waals surface area contributed by atoms with Gasteiger partial charge in [-0.1, -0.05) is 6.08 Å². The van der Waals surface area contributed by atoms with Gasteiger partial charge in [-0.05, 0) is 42.7 Å². The molecule has 1 aliphatic carbocycles. The summed E-state index contributed by atoms with van der Waals surface area (Å²) in [5.74, 6) is 0. The van der Waals surface area contributed by atoms with Crippen LogP contribution in [0, 0.1) is 0 Å². The van der Waals surface area contributed by atoms with Crippen molar-refractivity contribution in [3.63, 3.8) is 0 Å². The molecule has 0 amide bonds. The molecule has 4 nitrogen and oxygen atoms in total. The van der Waals surface area contributed by atoms with Gasteiger partial charge in [-0.15, -0.1) is 17.9 Å². The predicted octanol–water partition coefficient (Wildman–Crippen LogP) is 2.59. The summed E-state index contributed by atoms with van der Waals surface area (Å²) in [6.45, 7) is 4.94. The fraction of sp³-hybridized carbons (Fsp3) is 0.571. The highest BCUT2D eigenvalue weighted by Crippen LogP contribution is 2.25. The maximum absolute atomic E-state index is 12.4. The Morgan fingerprint density at radius 1 is 1.55 bits per heavy atom. The molecule has 20 heavy (non-hydrogen) atoms. The van der Waals surface area contributed by atoms with Gasteiger partial charge in [0.15, 0.2) is 0 Å². The molecule has 1 aliphatic rings. The first-order valence-electron chi connectivity index (χ1n) is 6.92. The van der Waals surface area contributed by atoms with Crippen LogP contribution >= 0.6 is 11.3 Å². The van der Waals surface area contributed by atoms with Crippen LogP contribution in [0.3, 0.4) is 0 Å². The summed E-state index contributed by atoms with van der Waals surface area (Å²) in [7, 11) is -1.69. The van der Waals surface area contributed by atoms with Crippen molar-refractivity contribution in [2.75, 3.05) is 13.6 Å². The van der Waals surface area contributed by atoms with Gasteiger partial charge >= 0.3 is 0 Å². The first-order valence-corrected chi connectivity index (χ1v) is 9.24. The van der Waals surface area contributed by atoms with Gasteiger partial charge in [-0.2, -0.15) is 0 Å². The maximum Gasteiger partial charge on any atom is 0.252 e. The van der Waals surface area contributed by atoms with E-state index in [0.717, 1.165) is 24.9 Å². The third kappa shape index (κ3) is 4.15. The molecule has 1 saturated carbocycles. The molecule has 0 saturated heterocycles. The Balaban J connectivity index is 1.95. The second kappa shape index (κ2) is 6.85. The quantitative estimate of drug-likeness (QED) is 0.563. The van der Waals surface area contributed by atoms with E-state index in [9.17, 15) is 8.42 Å². The van der Waals surface area contributed by atoms with E-state index in [2.05, 4.69) is 11.9 Å². The highest BCUT2D eigenvalue weighted by atomic mass is 32.2. The summed E-state index contributed by atoms with van der Waals surface area (Å²) in [5, 5.41) is 5.33. The molecule has 0 spiro atoms. The van der Waals surface area contributed by atoms with Crippen molar-refractivity contribution >= 4 is 21.4 Å². The zero-order valence-electron chi connectivity index (χ0n) is 11.8. The van der Waals surface area contributed by atoms with Gasteiger partial charge in [0, 0.05) is 26.2 Å². The maximum atomic E-state index is 12.4. The summed E-state index contributed by atoms with van der Waals surface area (Å²) < 4.78 is 26.6. The second-order valence-corrected chi connectivity index (χ2v) is 8.37. The number of hydrogen-bond donors (Lipinski definition) is 1. The van der Waals surface area contributed by atoms with Gasteiger partial charge in [0.25, 0.3) is 10.0 Å². The Labute approximate surface area is 125 Å². The van der Waals surface area contributed by atoms with Crippen molar-refractivity contribution in [2.45, 2.75) is 42.5 Å². The average Bonchev–Trinajstić information content (AvgIpc) is 3.12. The van der Waals surface area contributed by atoms with E-state index in [4.69, 9.17) is 0 Å². The van der Waals surface area contributed by atoms with Crippen LogP contribution in [0.2, 0.25) is 0 Å². The van der Waals surface area contributed by atoms with Gasteiger partial charge < -0.3 is 5.32 Å². The fourth-order valence-corrected chi connectivity index (χ4v) is 4.49. The number of thiophene rings is 1. The number of hydrogen-bond acceptors (Lipinski definition) is 4. The molecule has 1 N–H and O–H groups in total. The summed E-state index contributed by atoms with van der Waals surface area (Å²) >= 11 is 1.31. The molecule has 0 aromatic carbocycles. The normalized spacial score (nSPS) is 15.7. The average molecular weight is 314 g/mol. The van der Waals surface area contributed by atoms with Crippen molar-refractivity contribution in [3.05, 3.63) is 29.7 Å². The number of nitrogens with one attached hydrogen (secondary N) is 1. The first-order chi connectivity index (χ1) is 9.54. The number of unbranched alkanes of at least 4 members (excludes halogenated alkanes) is 1. The minimum atomic E-state index is -3.33. The monoisotopic (exact) mass is 314 g/mol. The van der Waals surface area contributed by atoms with E-state index in [0.29, 0.717) is 16.8 Å². The Morgan fingerprint density at radius 2 is 2.30 bits per heavy atom. The molecule has 0 atom stereocenters. The standard InChI is InChI=1S/C14H22N2O2S2/c1-3-4-5-8-16(2)20(17,18)14-9-12(11-19-14)10-15-13-6-7-13/h3,9,11,13,15H,1,4-8,10H2,2H3. The van der Waals surface area contributed by atoms with Crippen LogP contribution in [0.5, 0.6) is 0 Å². The van der Waals surface area contributed by atoms with Crippen molar-refractivity contribution in [3.8, 4) is 0 Å². The third-order valence-electron chi connectivity index (χ3n) is 3.35. The molecule has 112 valence electrons. The largest absolute Gasteiger partial charge is 0.310 e. The number of rotatable bonds is 9. The molecule has 6 heteroatoms. The number of allylic oxidation sites excluding steroid dienone is 1. The molecule has 1 aromatic rings. The minimum Gasteiger partial charge on any atom is -0.310 e. The minimum absolute atomic E-state index is 0.436. The summed E-state index contributed by atoms with van der Waals surface area (Å²) in [5.41, 5.74) is 1.06. The van der Waals surface area contributed by atoms with E-state index >= 15 is 0 Å². The van der Waals surface area contributed by atoms with Gasteiger partial charge in [-0.25, -0.2) is 12.7 Å². The van der Waals surface area contributed by atoms with E-state index in [-0.39, 0.29) is 0 Å².